The van der Waals surface area contributed by atoms with E-state index in [1.54, 1.807) is 11.3 Å². The number of hydrogen-bond donors (Lipinski definition) is 2. The van der Waals surface area contributed by atoms with E-state index in [2.05, 4.69) is 5.32 Å². The summed E-state index contributed by atoms with van der Waals surface area (Å²) in [5, 5.41) is 11.8. The van der Waals surface area contributed by atoms with Gasteiger partial charge in [-0.15, -0.1) is 11.3 Å². The van der Waals surface area contributed by atoms with Gasteiger partial charge >= 0.3 is 0 Å². The Morgan fingerprint density at radius 2 is 2.09 bits per heavy atom. The van der Waals surface area contributed by atoms with Crippen LogP contribution in [0, 0.1) is 0 Å². The number of ether oxygens (including phenoxy) is 1. The summed E-state index contributed by atoms with van der Waals surface area (Å²) in [5.74, 6) is 0.675. The molecule has 1 aromatic heterocycles. The van der Waals surface area contributed by atoms with Crippen molar-refractivity contribution >= 4 is 17.2 Å². The number of aliphatic hydroxyl groups excluding tert-OH is 1. The van der Waals surface area contributed by atoms with Gasteiger partial charge in [-0.25, -0.2) is 0 Å². The summed E-state index contributed by atoms with van der Waals surface area (Å²) in [6.45, 7) is 0.646. The highest BCUT2D eigenvalue weighted by Gasteiger charge is 2.17. The van der Waals surface area contributed by atoms with Crippen LogP contribution in [0.1, 0.15) is 38.5 Å². The highest BCUT2D eigenvalue weighted by Crippen LogP contribution is 2.29. The van der Waals surface area contributed by atoms with E-state index in [9.17, 15) is 4.79 Å². The van der Waals surface area contributed by atoms with Crippen molar-refractivity contribution in [3.8, 4) is 5.75 Å². The smallest absolute Gasteiger partial charge is 0.261 e. The van der Waals surface area contributed by atoms with Gasteiger partial charge in [-0.05, 0) is 43.4 Å². The van der Waals surface area contributed by atoms with Crippen LogP contribution < -0.4 is 10.1 Å². The van der Waals surface area contributed by atoms with Crippen LogP contribution >= 0.6 is 11.3 Å². The maximum Gasteiger partial charge on any atom is 0.261 e. The van der Waals surface area contributed by atoms with Gasteiger partial charge in [-0.2, -0.15) is 0 Å². The lowest BCUT2D eigenvalue weighted by Gasteiger charge is -2.11. The van der Waals surface area contributed by atoms with Gasteiger partial charge in [0, 0.05) is 17.0 Å². The van der Waals surface area contributed by atoms with Crippen molar-refractivity contribution in [1.82, 2.24) is 5.32 Å². The Bertz CT molecular complexity index is 657. The molecule has 3 rings (SSSR count). The molecule has 1 aliphatic carbocycles. The van der Waals surface area contributed by atoms with Gasteiger partial charge in [-0.1, -0.05) is 18.2 Å². The second-order valence-corrected chi connectivity index (χ2v) is 6.77. The molecule has 2 N–H and O–H groups in total. The molecule has 0 aliphatic heterocycles. The fraction of sp³-hybridized carbons (Fsp3) is 0.389. The second-order valence-electron chi connectivity index (χ2n) is 5.63. The molecule has 0 radical (unpaired) electrons. The van der Waals surface area contributed by atoms with Gasteiger partial charge in [0.05, 0.1) is 11.5 Å². The van der Waals surface area contributed by atoms with Crippen LogP contribution in [0.3, 0.4) is 0 Å². The molecule has 0 spiro atoms. The molecule has 122 valence electrons. The number of aryl methyl sites for hydroxylation is 2. The monoisotopic (exact) mass is 331 g/mol. The number of rotatable bonds is 6. The zero-order chi connectivity index (χ0) is 16.1. The number of carbonyl (C=O) groups is 1. The lowest BCUT2D eigenvalue weighted by molar-refractivity contribution is 0.0954. The van der Waals surface area contributed by atoms with E-state index >= 15 is 0 Å². The number of aliphatic hydroxyl groups is 1. The first kappa shape index (κ1) is 16.0. The first-order chi connectivity index (χ1) is 11.3. The van der Waals surface area contributed by atoms with E-state index in [0.717, 1.165) is 23.3 Å². The van der Waals surface area contributed by atoms with Crippen LogP contribution in [0.25, 0.3) is 0 Å². The highest BCUT2D eigenvalue weighted by atomic mass is 32.1. The first-order valence-corrected chi connectivity index (χ1v) is 8.81. The fourth-order valence-corrected chi connectivity index (χ4v) is 3.98. The van der Waals surface area contributed by atoms with Gasteiger partial charge in [0.25, 0.3) is 5.91 Å². The molecule has 0 unspecified atom stereocenters. The highest BCUT2D eigenvalue weighted by molar-refractivity contribution is 7.14. The Hall–Kier alpha value is -1.85. The zero-order valence-electron chi connectivity index (χ0n) is 13.0. The van der Waals surface area contributed by atoms with E-state index in [1.807, 2.05) is 30.3 Å². The molecule has 0 fully saturated rings. The van der Waals surface area contributed by atoms with Gasteiger partial charge < -0.3 is 15.2 Å². The molecular formula is C18H21NO3S. The van der Waals surface area contributed by atoms with Gasteiger partial charge in [-0.3, -0.25) is 4.79 Å². The lowest BCUT2D eigenvalue weighted by atomic mass is 9.99. The maximum absolute atomic E-state index is 12.4. The topological polar surface area (TPSA) is 58.6 Å². The van der Waals surface area contributed by atoms with Crippen molar-refractivity contribution in [3.63, 3.8) is 0 Å². The SMILES string of the molecule is O=C(NCc1ccccc1OCCO)c1cc2c(s1)CCCC2. The molecule has 1 aromatic carbocycles. The number of thiophene rings is 1. The van der Waals surface area contributed by atoms with E-state index in [1.165, 1.54) is 23.3 Å². The summed E-state index contributed by atoms with van der Waals surface area (Å²) in [4.78, 5) is 14.5. The van der Waals surface area contributed by atoms with Crippen molar-refractivity contribution in [2.24, 2.45) is 0 Å². The van der Waals surface area contributed by atoms with Crippen LogP contribution in [0.2, 0.25) is 0 Å². The fourth-order valence-electron chi connectivity index (χ4n) is 2.81. The Morgan fingerprint density at radius 1 is 1.26 bits per heavy atom. The van der Waals surface area contributed by atoms with Crippen molar-refractivity contribution in [1.29, 1.82) is 0 Å². The summed E-state index contributed by atoms with van der Waals surface area (Å²) in [6, 6.07) is 9.61. The summed E-state index contributed by atoms with van der Waals surface area (Å²) in [5.41, 5.74) is 2.26. The molecular weight excluding hydrogens is 310 g/mol. The van der Waals surface area contributed by atoms with Crippen LogP contribution in [0.4, 0.5) is 0 Å². The van der Waals surface area contributed by atoms with Crippen LogP contribution in [-0.4, -0.2) is 24.2 Å². The van der Waals surface area contributed by atoms with Crippen molar-refractivity contribution < 1.29 is 14.6 Å². The second kappa shape index (κ2) is 7.62. The van der Waals surface area contributed by atoms with E-state index in [4.69, 9.17) is 9.84 Å². The molecule has 0 saturated carbocycles. The number of amides is 1. The molecule has 23 heavy (non-hydrogen) atoms. The molecule has 5 heteroatoms. The normalized spacial score (nSPS) is 13.4. The largest absolute Gasteiger partial charge is 0.491 e. The Kier molecular flexibility index (Phi) is 5.31. The minimum absolute atomic E-state index is 0.0263. The Labute approximate surface area is 140 Å². The van der Waals surface area contributed by atoms with E-state index in [0.29, 0.717) is 12.3 Å². The van der Waals surface area contributed by atoms with Gasteiger partial charge in [0.1, 0.15) is 12.4 Å². The van der Waals surface area contributed by atoms with Crippen molar-refractivity contribution in [2.75, 3.05) is 13.2 Å². The maximum atomic E-state index is 12.4. The summed E-state index contributed by atoms with van der Waals surface area (Å²) in [6.07, 6.45) is 4.65. The minimum atomic E-state index is -0.0265. The van der Waals surface area contributed by atoms with Gasteiger partial charge in [0.15, 0.2) is 0 Å². The molecule has 0 saturated heterocycles. The first-order valence-electron chi connectivity index (χ1n) is 7.99. The lowest BCUT2D eigenvalue weighted by Crippen LogP contribution is -2.22. The number of benzene rings is 1. The standard InChI is InChI=1S/C18H21NO3S/c20-9-10-22-15-7-3-1-6-14(15)12-19-18(21)17-11-13-5-2-4-8-16(13)23-17/h1,3,6-7,11,20H,2,4-5,8-10,12H2,(H,19,21). The molecule has 4 nitrogen and oxygen atoms in total. The van der Waals surface area contributed by atoms with Crippen LogP contribution in [0.5, 0.6) is 5.75 Å². The Morgan fingerprint density at radius 3 is 2.91 bits per heavy atom. The number of para-hydroxylation sites is 1. The number of fused-ring (bicyclic) bond motifs is 1. The van der Waals surface area contributed by atoms with Crippen LogP contribution in [0.15, 0.2) is 30.3 Å². The minimum Gasteiger partial charge on any atom is -0.491 e. The van der Waals surface area contributed by atoms with Crippen molar-refractivity contribution in [2.45, 2.75) is 32.2 Å². The summed E-state index contributed by atoms with van der Waals surface area (Å²) < 4.78 is 5.49. The number of carbonyl (C=O) groups excluding carboxylic acids is 1. The molecule has 1 aliphatic rings. The molecule has 1 amide bonds. The summed E-state index contributed by atoms with van der Waals surface area (Å²) in [7, 11) is 0. The zero-order valence-corrected chi connectivity index (χ0v) is 13.8. The van der Waals surface area contributed by atoms with Crippen molar-refractivity contribution in [3.05, 3.63) is 51.2 Å². The molecule has 2 aromatic rings. The quantitative estimate of drug-likeness (QED) is 0.856. The predicted molar refractivity (Wildman–Crippen MR) is 91.2 cm³/mol. The van der Waals surface area contributed by atoms with E-state index in [-0.39, 0.29) is 19.1 Å². The number of nitrogens with one attached hydrogen (secondary N) is 1. The average Bonchev–Trinajstić information content (AvgIpc) is 3.02. The third-order valence-electron chi connectivity index (χ3n) is 3.98. The third-order valence-corrected chi connectivity index (χ3v) is 5.22. The molecule has 0 atom stereocenters. The van der Waals surface area contributed by atoms with Crippen LogP contribution in [-0.2, 0) is 19.4 Å². The van der Waals surface area contributed by atoms with Gasteiger partial charge in [0.2, 0.25) is 0 Å². The Balaban J connectivity index is 1.64. The molecule has 0 bridgehead atoms. The average molecular weight is 331 g/mol. The third kappa shape index (κ3) is 3.92. The predicted octanol–water partition coefficient (Wildman–Crippen LogP) is 2.93. The van der Waals surface area contributed by atoms with E-state index < -0.39 is 0 Å². The summed E-state index contributed by atoms with van der Waals surface area (Å²) >= 11 is 1.62. The number of hydrogen-bond acceptors (Lipinski definition) is 4. The molecule has 1 heterocycles.